The zero-order chi connectivity index (χ0) is 22.6. The summed E-state index contributed by atoms with van der Waals surface area (Å²) in [4.78, 5) is 8.03. The molecule has 1 aromatic heterocycles. The van der Waals surface area contributed by atoms with Crippen LogP contribution in [0, 0.1) is 5.21 Å². The van der Waals surface area contributed by atoms with Gasteiger partial charge in [-0.25, -0.2) is 14.5 Å². The maximum atomic E-state index is 12.3. The van der Waals surface area contributed by atoms with Gasteiger partial charge in [0, 0.05) is 17.7 Å². The Balaban J connectivity index is 1.76. The Kier molecular flexibility index (Phi) is 6.29. The van der Waals surface area contributed by atoms with Crippen molar-refractivity contribution in [3.63, 3.8) is 0 Å². The van der Waals surface area contributed by atoms with Crippen LogP contribution in [0.2, 0.25) is 0 Å². The number of hydrogen-bond donors (Lipinski definition) is 0. The molecule has 0 saturated heterocycles. The molecule has 0 spiro atoms. The van der Waals surface area contributed by atoms with E-state index in [-0.39, 0.29) is 5.75 Å². The zero-order valence-corrected chi connectivity index (χ0v) is 16.8. The second-order valence-corrected chi connectivity index (χ2v) is 6.38. The minimum atomic E-state index is -4.75. The molecule has 1 atom stereocenters. The van der Waals surface area contributed by atoms with Crippen LogP contribution in [-0.2, 0) is 4.84 Å². The fourth-order valence-corrected chi connectivity index (χ4v) is 2.64. The van der Waals surface area contributed by atoms with Crippen molar-refractivity contribution in [2.45, 2.75) is 6.36 Å². The van der Waals surface area contributed by atoms with Crippen molar-refractivity contribution in [3.05, 3.63) is 65.4 Å². The fraction of sp³-hybridized carbons (Fsp3) is 0.200. The van der Waals surface area contributed by atoms with Gasteiger partial charge in [0.25, 0.3) is 0 Å². The fourth-order valence-electron chi connectivity index (χ4n) is 2.64. The van der Waals surface area contributed by atoms with E-state index in [1.165, 1.54) is 56.5 Å². The summed E-state index contributed by atoms with van der Waals surface area (Å²) in [6.07, 6.45) is 0.0285. The first-order valence-electron chi connectivity index (χ1n) is 8.89. The van der Waals surface area contributed by atoms with E-state index in [1.54, 1.807) is 30.4 Å². The summed E-state index contributed by atoms with van der Waals surface area (Å²) in [5.74, 6) is 0.502. The number of ether oxygens (including phenoxy) is 2. The number of alkyl halides is 3. The number of nitrogens with zero attached hydrogens (tertiary/aromatic N) is 4. The van der Waals surface area contributed by atoms with E-state index < -0.39 is 11.2 Å². The molecule has 8 nitrogen and oxygen atoms in total. The maximum absolute atomic E-state index is 12.3. The van der Waals surface area contributed by atoms with Crippen molar-refractivity contribution in [1.29, 1.82) is 0 Å². The minimum Gasteiger partial charge on any atom is -0.593 e. The van der Waals surface area contributed by atoms with Gasteiger partial charge >= 0.3 is 6.36 Å². The lowest BCUT2D eigenvalue weighted by atomic mass is 10.1. The smallest absolute Gasteiger partial charge is 0.573 e. The molecule has 3 rings (SSSR count). The van der Waals surface area contributed by atoms with Gasteiger partial charge < -0.3 is 14.7 Å². The number of methoxy groups -OCH3 is 1. The average molecular weight is 436 g/mol. The lowest BCUT2D eigenvalue weighted by Gasteiger charge is -2.32. The lowest BCUT2D eigenvalue weighted by molar-refractivity contribution is -0.274. The molecule has 31 heavy (non-hydrogen) atoms. The molecule has 0 fully saturated rings. The van der Waals surface area contributed by atoms with Crippen LogP contribution in [0.1, 0.15) is 11.4 Å². The van der Waals surface area contributed by atoms with Gasteiger partial charge in [0.1, 0.15) is 24.9 Å². The summed E-state index contributed by atoms with van der Waals surface area (Å²) in [7, 11) is 4.15. The predicted octanol–water partition coefficient (Wildman–Crippen LogP) is 4.34. The second-order valence-electron chi connectivity index (χ2n) is 6.38. The predicted molar refractivity (Wildman–Crippen MR) is 108 cm³/mol. The second kappa shape index (κ2) is 8.76. The third kappa shape index (κ3) is 5.60. The van der Waals surface area contributed by atoms with Gasteiger partial charge in [0.15, 0.2) is 11.5 Å². The first-order chi connectivity index (χ1) is 14.6. The normalized spacial score (nSPS) is 13.9. The van der Waals surface area contributed by atoms with E-state index in [0.717, 1.165) is 0 Å². The van der Waals surface area contributed by atoms with Crippen LogP contribution < -0.4 is 14.3 Å². The van der Waals surface area contributed by atoms with Crippen molar-refractivity contribution >= 4 is 17.8 Å². The molecule has 0 amide bonds. The molecule has 0 aliphatic rings. The van der Waals surface area contributed by atoms with E-state index in [0.29, 0.717) is 28.5 Å². The summed E-state index contributed by atoms with van der Waals surface area (Å²) in [5, 5.41) is 16.5. The third-order valence-electron chi connectivity index (χ3n) is 4.29. The Morgan fingerprint density at radius 1 is 1.06 bits per heavy atom. The van der Waals surface area contributed by atoms with Crippen LogP contribution in [0.5, 0.6) is 11.5 Å². The number of aromatic nitrogens is 3. The van der Waals surface area contributed by atoms with Crippen molar-refractivity contribution in [2.24, 2.45) is 0 Å². The molecule has 164 valence electrons. The molecule has 1 heterocycles. The molecule has 0 saturated carbocycles. The van der Waals surface area contributed by atoms with Crippen LogP contribution in [0.15, 0.2) is 48.8 Å². The van der Waals surface area contributed by atoms with E-state index in [2.05, 4.69) is 14.8 Å². The molecular formula is C20H19F3N4O4. The summed E-state index contributed by atoms with van der Waals surface area (Å²) in [5.41, 5.74) is 1.56. The standard InChI is InChI=1S/C20H19F3N4O4/c1-27(28,30-3)16-8-4-14(18(12-16)29-2)5-11-19-24-13-26(25-19)15-6-9-17(10-7-15)31-20(21,22)23/h4-13H,1-3H3/b11-5+. The van der Waals surface area contributed by atoms with Gasteiger partial charge in [-0.2, -0.15) is 4.81 Å². The Hall–Kier alpha value is -3.41. The number of rotatable bonds is 7. The summed E-state index contributed by atoms with van der Waals surface area (Å²) >= 11 is 0. The quantitative estimate of drug-likeness (QED) is 0.405. The van der Waals surface area contributed by atoms with Gasteiger partial charge in [0.05, 0.1) is 19.9 Å². The highest BCUT2D eigenvalue weighted by Gasteiger charge is 2.31. The van der Waals surface area contributed by atoms with Crippen LogP contribution in [0.25, 0.3) is 17.8 Å². The Bertz CT molecular complexity index is 1060. The lowest BCUT2D eigenvalue weighted by Crippen LogP contribution is -2.36. The topological polar surface area (TPSA) is 81.5 Å². The van der Waals surface area contributed by atoms with Crippen LogP contribution in [0.3, 0.4) is 0 Å². The van der Waals surface area contributed by atoms with Gasteiger partial charge in [-0.3, -0.25) is 0 Å². The molecule has 0 bridgehead atoms. The maximum Gasteiger partial charge on any atom is 0.573 e. The molecular weight excluding hydrogens is 417 g/mol. The van der Waals surface area contributed by atoms with Gasteiger partial charge in [-0.05, 0) is 42.5 Å². The molecule has 1 unspecified atom stereocenters. The number of benzene rings is 2. The molecule has 0 aliphatic heterocycles. The highest BCUT2D eigenvalue weighted by molar-refractivity contribution is 5.72. The van der Waals surface area contributed by atoms with Crippen LogP contribution >= 0.6 is 0 Å². The zero-order valence-electron chi connectivity index (χ0n) is 16.8. The SMILES string of the molecule is COc1cc([N+](C)([O-])OC)ccc1/C=C/c1ncn(-c2ccc(OC(F)(F)F)cc2)n1. The van der Waals surface area contributed by atoms with E-state index in [4.69, 9.17) is 9.57 Å². The number of halogens is 3. The highest BCUT2D eigenvalue weighted by Crippen LogP contribution is 2.30. The molecule has 3 aromatic rings. The number of hydroxylamine groups is 2. The van der Waals surface area contributed by atoms with Gasteiger partial charge in [-0.1, -0.05) is 0 Å². The van der Waals surface area contributed by atoms with Gasteiger partial charge in [0.2, 0.25) is 0 Å². The summed E-state index contributed by atoms with van der Waals surface area (Å²) < 4.78 is 47.4. The number of quaternary nitrogens is 1. The largest absolute Gasteiger partial charge is 0.593 e. The average Bonchev–Trinajstić information content (AvgIpc) is 3.20. The number of hydrogen-bond acceptors (Lipinski definition) is 6. The summed E-state index contributed by atoms with van der Waals surface area (Å²) in [6.45, 7) is 0. The van der Waals surface area contributed by atoms with Crippen molar-refractivity contribution in [3.8, 4) is 17.2 Å². The van der Waals surface area contributed by atoms with E-state index >= 15 is 0 Å². The van der Waals surface area contributed by atoms with E-state index in [9.17, 15) is 18.4 Å². The highest BCUT2D eigenvalue weighted by atomic mass is 19.4. The third-order valence-corrected chi connectivity index (χ3v) is 4.29. The first-order valence-corrected chi connectivity index (χ1v) is 8.89. The molecule has 0 aliphatic carbocycles. The monoisotopic (exact) mass is 436 g/mol. The molecule has 0 radical (unpaired) electrons. The molecule has 2 aromatic carbocycles. The van der Waals surface area contributed by atoms with Crippen molar-refractivity contribution in [2.75, 3.05) is 21.3 Å². The Morgan fingerprint density at radius 2 is 1.77 bits per heavy atom. The van der Waals surface area contributed by atoms with Gasteiger partial charge in [-0.15, -0.1) is 18.3 Å². The van der Waals surface area contributed by atoms with Crippen LogP contribution in [-0.4, -0.2) is 42.4 Å². The van der Waals surface area contributed by atoms with Crippen LogP contribution in [0.4, 0.5) is 18.9 Å². The van der Waals surface area contributed by atoms with Crippen molar-refractivity contribution < 1.29 is 27.5 Å². The first kappa shape index (κ1) is 22.3. The molecule has 11 heteroatoms. The minimum absolute atomic E-state index is 0.326. The Morgan fingerprint density at radius 3 is 2.39 bits per heavy atom. The molecule has 0 N–H and O–H groups in total. The Labute approximate surface area is 175 Å². The van der Waals surface area contributed by atoms with Crippen molar-refractivity contribution in [1.82, 2.24) is 19.6 Å². The summed E-state index contributed by atoms with van der Waals surface area (Å²) in [6, 6.07) is 10.1. The van der Waals surface area contributed by atoms with E-state index in [1.807, 2.05) is 0 Å².